The Bertz CT molecular complexity index is 654. The van der Waals surface area contributed by atoms with Crippen LogP contribution >= 0.6 is 0 Å². The minimum absolute atomic E-state index is 0.127. The molecule has 0 aliphatic heterocycles. The number of aromatic nitrogens is 1. The molecule has 2 aromatic rings. The minimum atomic E-state index is -0.127. The Morgan fingerprint density at radius 2 is 2.05 bits per heavy atom. The number of aryl methyl sites for hydroxylation is 2. The maximum absolute atomic E-state index is 8.68. The van der Waals surface area contributed by atoms with E-state index in [0.717, 1.165) is 28.0 Å². The molecular weight excluding hydrogens is 250 g/mol. The van der Waals surface area contributed by atoms with Crippen molar-refractivity contribution in [2.24, 2.45) is 0 Å². The normalized spacial score (nSPS) is 9.75. The van der Waals surface area contributed by atoms with E-state index < -0.39 is 0 Å². The summed E-state index contributed by atoms with van der Waals surface area (Å²) >= 11 is 0. The Morgan fingerprint density at radius 3 is 2.75 bits per heavy atom. The van der Waals surface area contributed by atoms with Gasteiger partial charge in [-0.05, 0) is 49.2 Å². The first-order valence-corrected chi connectivity index (χ1v) is 6.43. The third kappa shape index (κ3) is 3.84. The van der Waals surface area contributed by atoms with Crippen LogP contribution in [0, 0.1) is 25.7 Å². The van der Waals surface area contributed by atoms with E-state index in [2.05, 4.69) is 22.9 Å². The molecule has 0 aliphatic carbocycles. The molecule has 0 unspecified atom stereocenters. The molecule has 0 aliphatic rings. The van der Waals surface area contributed by atoms with Gasteiger partial charge in [-0.3, -0.25) is 4.98 Å². The standard InChI is InChI=1S/C17H17NO2/c1-13-8-16(11-18-10-13)12-20-17-6-5-15(4-3-7-19)9-14(17)2/h5-6,8-11,19H,7,12H2,1-2H3. The van der Waals surface area contributed by atoms with Crippen LogP contribution in [-0.2, 0) is 6.61 Å². The molecule has 0 atom stereocenters. The topological polar surface area (TPSA) is 42.4 Å². The number of aliphatic hydroxyl groups excluding tert-OH is 1. The number of aliphatic hydroxyl groups is 1. The molecule has 0 saturated carbocycles. The third-order valence-corrected chi connectivity index (χ3v) is 2.81. The molecule has 0 bridgehead atoms. The molecule has 0 fully saturated rings. The van der Waals surface area contributed by atoms with E-state index in [1.54, 1.807) is 0 Å². The van der Waals surface area contributed by atoms with Gasteiger partial charge in [0.05, 0.1) is 0 Å². The first kappa shape index (κ1) is 14.1. The molecule has 3 nitrogen and oxygen atoms in total. The summed E-state index contributed by atoms with van der Waals surface area (Å²) in [6.07, 6.45) is 3.63. The monoisotopic (exact) mass is 267 g/mol. The highest BCUT2D eigenvalue weighted by atomic mass is 16.5. The van der Waals surface area contributed by atoms with Crippen molar-refractivity contribution in [2.75, 3.05) is 6.61 Å². The lowest BCUT2D eigenvalue weighted by atomic mass is 10.1. The fourth-order valence-corrected chi connectivity index (χ4v) is 1.89. The summed E-state index contributed by atoms with van der Waals surface area (Å²) in [6, 6.07) is 7.80. The molecule has 102 valence electrons. The summed E-state index contributed by atoms with van der Waals surface area (Å²) in [7, 11) is 0. The van der Waals surface area contributed by atoms with Gasteiger partial charge in [0.15, 0.2) is 0 Å². The number of benzene rings is 1. The molecule has 2 rings (SSSR count). The van der Waals surface area contributed by atoms with Gasteiger partial charge in [0.2, 0.25) is 0 Å². The Morgan fingerprint density at radius 1 is 1.20 bits per heavy atom. The molecule has 1 aromatic carbocycles. The van der Waals surface area contributed by atoms with E-state index in [1.807, 2.05) is 44.4 Å². The molecule has 1 N–H and O–H groups in total. The molecule has 1 aromatic heterocycles. The predicted octanol–water partition coefficient (Wildman–Crippen LogP) is 2.62. The van der Waals surface area contributed by atoms with Crippen LogP contribution in [0.3, 0.4) is 0 Å². The van der Waals surface area contributed by atoms with E-state index in [-0.39, 0.29) is 6.61 Å². The Hall–Kier alpha value is -2.31. The zero-order valence-corrected chi connectivity index (χ0v) is 11.7. The third-order valence-electron chi connectivity index (χ3n) is 2.81. The highest BCUT2D eigenvalue weighted by Gasteiger charge is 2.01. The molecule has 1 heterocycles. The van der Waals surface area contributed by atoms with Gasteiger partial charge in [-0.25, -0.2) is 0 Å². The van der Waals surface area contributed by atoms with E-state index in [9.17, 15) is 0 Å². The predicted molar refractivity (Wildman–Crippen MR) is 78.4 cm³/mol. The van der Waals surface area contributed by atoms with E-state index in [0.29, 0.717) is 6.61 Å². The fraction of sp³-hybridized carbons (Fsp3) is 0.235. The van der Waals surface area contributed by atoms with Gasteiger partial charge >= 0.3 is 0 Å². The summed E-state index contributed by atoms with van der Waals surface area (Å²) in [5.41, 5.74) is 4.07. The quantitative estimate of drug-likeness (QED) is 0.869. The zero-order valence-electron chi connectivity index (χ0n) is 11.7. The smallest absolute Gasteiger partial charge is 0.122 e. The number of pyridine rings is 1. The number of rotatable bonds is 3. The van der Waals surface area contributed by atoms with Gasteiger partial charge in [0.25, 0.3) is 0 Å². The van der Waals surface area contributed by atoms with Crippen molar-refractivity contribution in [3.8, 4) is 17.6 Å². The Balaban J connectivity index is 2.06. The fourth-order valence-electron chi connectivity index (χ4n) is 1.89. The summed E-state index contributed by atoms with van der Waals surface area (Å²) < 4.78 is 5.80. The second-order valence-corrected chi connectivity index (χ2v) is 4.60. The number of hydrogen-bond donors (Lipinski definition) is 1. The van der Waals surface area contributed by atoms with Crippen LogP contribution < -0.4 is 4.74 Å². The van der Waals surface area contributed by atoms with Crippen LogP contribution in [0.15, 0.2) is 36.7 Å². The van der Waals surface area contributed by atoms with Crippen molar-refractivity contribution in [2.45, 2.75) is 20.5 Å². The lowest BCUT2D eigenvalue weighted by molar-refractivity contribution is 0.303. The van der Waals surface area contributed by atoms with Crippen molar-refractivity contribution in [1.82, 2.24) is 4.98 Å². The summed E-state index contributed by atoms with van der Waals surface area (Å²) in [4.78, 5) is 4.14. The van der Waals surface area contributed by atoms with Gasteiger partial charge in [-0.2, -0.15) is 0 Å². The molecule has 0 amide bonds. The summed E-state index contributed by atoms with van der Waals surface area (Å²) in [6.45, 7) is 4.36. The van der Waals surface area contributed by atoms with Gasteiger partial charge in [0, 0.05) is 23.5 Å². The van der Waals surface area contributed by atoms with Crippen LogP contribution in [0.25, 0.3) is 0 Å². The maximum Gasteiger partial charge on any atom is 0.122 e. The van der Waals surface area contributed by atoms with Crippen LogP contribution in [-0.4, -0.2) is 16.7 Å². The van der Waals surface area contributed by atoms with Crippen molar-refractivity contribution in [3.05, 3.63) is 58.9 Å². The zero-order chi connectivity index (χ0) is 14.4. The van der Waals surface area contributed by atoms with Gasteiger partial charge < -0.3 is 9.84 Å². The molecule has 0 saturated heterocycles. The molecule has 20 heavy (non-hydrogen) atoms. The van der Waals surface area contributed by atoms with Gasteiger partial charge in [0.1, 0.15) is 19.0 Å². The number of ether oxygens (including phenoxy) is 1. The van der Waals surface area contributed by atoms with Crippen LogP contribution in [0.5, 0.6) is 5.75 Å². The summed E-state index contributed by atoms with van der Waals surface area (Å²) in [5.74, 6) is 6.34. The van der Waals surface area contributed by atoms with E-state index >= 15 is 0 Å². The van der Waals surface area contributed by atoms with Crippen LogP contribution in [0.1, 0.15) is 22.3 Å². The van der Waals surface area contributed by atoms with Crippen LogP contribution in [0.4, 0.5) is 0 Å². The average Bonchev–Trinajstić information content (AvgIpc) is 2.44. The molecule has 0 spiro atoms. The largest absolute Gasteiger partial charge is 0.489 e. The molecular formula is C17H17NO2. The lowest BCUT2D eigenvalue weighted by Crippen LogP contribution is -1.98. The molecule has 0 radical (unpaired) electrons. The Labute approximate surface area is 119 Å². The van der Waals surface area contributed by atoms with E-state index in [4.69, 9.17) is 9.84 Å². The molecule has 3 heteroatoms. The maximum atomic E-state index is 8.68. The highest BCUT2D eigenvalue weighted by molar-refractivity contribution is 5.43. The van der Waals surface area contributed by atoms with Gasteiger partial charge in [-0.15, -0.1) is 0 Å². The van der Waals surface area contributed by atoms with Crippen molar-refractivity contribution >= 4 is 0 Å². The van der Waals surface area contributed by atoms with E-state index in [1.165, 1.54) is 0 Å². The second-order valence-electron chi connectivity index (χ2n) is 4.60. The number of hydrogen-bond acceptors (Lipinski definition) is 3. The lowest BCUT2D eigenvalue weighted by Gasteiger charge is -2.09. The number of nitrogens with zero attached hydrogens (tertiary/aromatic N) is 1. The first-order chi connectivity index (χ1) is 9.69. The van der Waals surface area contributed by atoms with Crippen molar-refractivity contribution < 1.29 is 9.84 Å². The van der Waals surface area contributed by atoms with Crippen LogP contribution in [0.2, 0.25) is 0 Å². The van der Waals surface area contributed by atoms with Crippen molar-refractivity contribution in [3.63, 3.8) is 0 Å². The summed E-state index contributed by atoms with van der Waals surface area (Å²) in [5, 5.41) is 8.68. The second kappa shape index (κ2) is 6.74. The highest BCUT2D eigenvalue weighted by Crippen LogP contribution is 2.20. The SMILES string of the molecule is Cc1cncc(COc2ccc(C#CCO)cc2C)c1. The Kier molecular flexibility index (Phi) is 4.75. The van der Waals surface area contributed by atoms with Gasteiger partial charge in [-0.1, -0.05) is 11.8 Å². The minimum Gasteiger partial charge on any atom is -0.489 e. The van der Waals surface area contributed by atoms with Crippen molar-refractivity contribution in [1.29, 1.82) is 0 Å². The first-order valence-electron chi connectivity index (χ1n) is 6.43. The average molecular weight is 267 g/mol.